The molecule has 0 spiro atoms. The van der Waals surface area contributed by atoms with Gasteiger partial charge in [-0.25, -0.2) is 17.2 Å². The van der Waals surface area contributed by atoms with Gasteiger partial charge >= 0.3 is 0 Å². The molecular formula is C12H17ClF2N2O2S. The molecule has 1 N–H and O–H groups in total. The zero-order valence-corrected chi connectivity index (χ0v) is 12.6. The van der Waals surface area contributed by atoms with Crippen LogP contribution in [0, 0.1) is 11.6 Å². The first-order chi connectivity index (χ1) is 8.95. The summed E-state index contributed by atoms with van der Waals surface area (Å²) in [5, 5.41) is 3.08. The van der Waals surface area contributed by atoms with E-state index in [1.807, 2.05) is 7.05 Å². The Labute approximate surface area is 123 Å². The van der Waals surface area contributed by atoms with E-state index in [0.717, 1.165) is 18.2 Å². The van der Waals surface area contributed by atoms with Crippen LogP contribution in [0.15, 0.2) is 23.1 Å². The maximum atomic E-state index is 13.6. The van der Waals surface area contributed by atoms with Crippen LogP contribution in [0.25, 0.3) is 0 Å². The van der Waals surface area contributed by atoms with E-state index in [9.17, 15) is 17.2 Å². The molecule has 0 aliphatic carbocycles. The zero-order chi connectivity index (χ0) is 14.0. The first kappa shape index (κ1) is 17.3. The molecule has 0 radical (unpaired) electrons. The summed E-state index contributed by atoms with van der Waals surface area (Å²) in [7, 11) is -2.14. The summed E-state index contributed by atoms with van der Waals surface area (Å²) in [5.74, 6) is -1.68. The average Bonchev–Trinajstić information content (AvgIpc) is 2.41. The predicted octanol–water partition coefficient (Wildman–Crippen LogP) is 1.76. The lowest BCUT2D eigenvalue weighted by Gasteiger charge is -2.31. The van der Waals surface area contributed by atoms with E-state index < -0.39 is 26.6 Å². The van der Waals surface area contributed by atoms with Crippen molar-refractivity contribution in [1.82, 2.24) is 9.62 Å². The molecule has 1 aliphatic rings. The van der Waals surface area contributed by atoms with Gasteiger partial charge in [0.25, 0.3) is 0 Å². The van der Waals surface area contributed by atoms with Crippen molar-refractivity contribution in [2.24, 2.45) is 0 Å². The molecule has 1 aromatic rings. The number of nitrogens with zero attached hydrogens (tertiary/aromatic N) is 1. The molecule has 0 atom stereocenters. The Morgan fingerprint density at radius 2 is 1.85 bits per heavy atom. The number of hydrogen-bond donors (Lipinski definition) is 1. The molecule has 0 saturated carbocycles. The van der Waals surface area contributed by atoms with Gasteiger partial charge in [0.05, 0.1) is 0 Å². The smallest absolute Gasteiger partial charge is 0.246 e. The molecular weight excluding hydrogens is 310 g/mol. The lowest BCUT2D eigenvalue weighted by molar-refractivity contribution is 0.297. The predicted molar refractivity (Wildman–Crippen MR) is 74.4 cm³/mol. The fourth-order valence-electron chi connectivity index (χ4n) is 2.20. The second-order valence-corrected chi connectivity index (χ2v) is 6.45. The van der Waals surface area contributed by atoms with E-state index in [0.29, 0.717) is 25.9 Å². The van der Waals surface area contributed by atoms with Gasteiger partial charge in [0, 0.05) is 19.1 Å². The molecule has 0 bridgehead atoms. The maximum absolute atomic E-state index is 13.6. The highest BCUT2D eigenvalue weighted by Gasteiger charge is 2.31. The second-order valence-electron chi connectivity index (χ2n) is 4.54. The maximum Gasteiger partial charge on any atom is 0.246 e. The van der Waals surface area contributed by atoms with Gasteiger partial charge in [0.1, 0.15) is 16.5 Å². The highest BCUT2D eigenvalue weighted by atomic mass is 35.5. The SMILES string of the molecule is CNC1CCN(S(=O)(=O)c2cc(F)ccc2F)CC1.Cl. The van der Waals surface area contributed by atoms with Gasteiger partial charge in [0.2, 0.25) is 10.0 Å². The van der Waals surface area contributed by atoms with Crippen LogP contribution in [0.2, 0.25) is 0 Å². The lowest BCUT2D eigenvalue weighted by atomic mass is 10.1. The Bertz CT molecular complexity index is 561. The summed E-state index contributed by atoms with van der Waals surface area (Å²) in [5.41, 5.74) is 0. The fourth-order valence-corrected chi connectivity index (χ4v) is 3.74. The number of rotatable bonds is 3. The number of benzene rings is 1. The van der Waals surface area contributed by atoms with Gasteiger partial charge in [-0.15, -0.1) is 12.4 Å². The minimum Gasteiger partial charge on any atom is -0.317 e. The number of hydrogen-bond acceptors (Lipinski definition) is 3. The van der Waals surface area contributed by atoms with Crippen molar-refractivity contribution in [2.75, 3.05) is 20.1 Å². The molecule has 114 valence electrons. The number of sulfonamides is 1. The van der Waals surface area contributed by atoms with Gasteiger partial charge in [-0.2, -0.15) is 4.31 Å². The van der Waals surface area contributed by atoms with Gasteiger partial charge in [-0.3, -0.25) is 0 Å². The second kappa shape index (κ2) is 6.80. The van der Waals surface area contributed by atoms with Crippen molar-refractivity contribution in [3.63, 3.8) is 0 Å². The lowest BCUT2D eigenvalue weighted by Crippen LogP contribution is -2.44. The van der Waals surface area contributed by atoms with Crippen molar-refractivity contribution in [3.05, 3.63) is 29.8 Å². The Kier molecular flexibility index (Phi) is 5.88. The number of piperidine rings is 1. The summed E-state index contributed by atoms with van der Waals surface area (Å²) >= 11 is 0. The quantitative estimate of drug-likeness (QED) is 0.921. The summed E-state index contributed by atoms with van der Waals surface area (Å²) in [4.78, 5) is -0.588. The Morgan fingerprint density at radius 1 is 1.25 bits per heavy atom. The van der Waals surface area contributed by atoms with E-state index in [4.69, 9.17) is 0 Å². The minimum atomic E-state index is -3.96. The van der Waals surface area contributed by atoms with Crippen LogP contribution < -0.4 is 5.32 Å². The monoisotopic (exact) mass is 326 g/mol. The van der Waals surface area contributed by atoms with Crippen LogP contribution in [0.5, 0.6) is 0 Å². The van der Waals surface area contributed by atoms with Crippen LogP contribution in [-0.4, -0.2) is 38.9 Å². The molecule has 2 rings (SSSR count). The third-order valence-corrected chi connectivity index (χ3v) is 5.29. The molecule has 1 saturated heterocycles. The Balaban J connectivity index is 0.00000200. The molecule has 1 aromatic carbocycles. The fraction of sp³-hybridized carbons (Fsp3) is 0.500. The molecule has 1 aliphatic heterocycles. The summed E-state index contributed by atoms with van der Waals surface area (Å²) in [6, 6.07) is 2.74. The normalized spacial score (nSPS) is 17.8. The van der Waals surface area contributed by atoms with Gasteiger partial charge in [0.15, 0.2) is 0 Å². The number of halogens is 3. The van der Waals surface area contributed by atoms with Crippen molar-refractivity contribution in [3.8, 4) is 0 Å². The van der Waals surface area contributed by atoms with E-state index in [-0.39, 0.29) is 18.4 Å². The molecule has 8 heteroatoms. The van der Waals surface area contributed by atoms with Gasteiger partial charge in [-0.1, -0.05) is 0 Å². The van der Waals surface area contributed by atoms with Crippen LogP contribution >= 0.6 is 12.4 Å². The van der Waals surface area contributed by atoms with E-state index in [2.05, 4.69) is 5.32 Å². The van der Waals surface area contributed by atoms with Crippen molar-refractivity contribution in [2.45, 2.75) is 23.8 Å². The standard InChI is InChI=1S/C12H16F2N2O2S.ClH/c1-15-10-4-6-16(7-5-10)19(17,18)12-8-9(13)2-3-11(12)14;/h2-3,8,10,15H,4-7H2,1H3;1H. The first-order valence-corrected chi connectivity index (χ1v) is 7.51. The highest BCUT2D eigenvalue weighted by molar-refractivity contribution is 7.89. The highest BCUT2D eigenvalue weighted by Crippen LogP contribution is 2.23. The summed E-state index contributed by atoms with van der Waals surface area (Å²) < 4.78 is 52.4. The van der Waals surface area contributed by atoms with Crippen LogP contribution in [0.3, 0.4) is 0 Å². The molecule has 0 amide bonds. The van der Waals surface area contributed by atoms with Crippen molar-refractivity contribution < 1.29 is 17.2 Å². The summed E-state index contributed by atoms with van der Waals surface area (Å²) in [6.07, 6.45) is 1.32. The molecule has 0 aromatic heterocycles. The average molecular weight is 327 g/mol. The van der Waals surface area contributed by atoms with E-state index >= 15 is 0 Å². The topological polar surface area (TPSA) is 49.4 Å². The zero-order valence-electron chi connectivity index (χ0n) is 11.0. The van der Waals surface area contributed by atoms with E-state index in [1.165, 1.54) is 4.31 Å². The molecule has 20 heavy (non-hydrogen) atoms. The number of nitrogens with one attached hydrogen (secondary N) is 1. The molecule has 1 heterocycles. The Morgan fingerprint density at radius 3 is 2.40 bits per heavy atom. The third kappa shape index (κ3) is 3.46. The van der Waals surface area contributed by atoms with Crippen LogP contribution in [0.4, 0.5) is 8.78 Å². The molecule has 4 nitrogen and oxygen atoms in total. The van der Waals surface area contributed by atoms with E-state index in [1.54, 1.807) is 0 Å². The third-order valence-electron chi connectivity index (χ3n) is 3.37. The first-order valence-electron chi connectivity index (χ1n) is 6.07. The van der Waals surface area contributed by atoms with Crippen molar-refractivity contribution in [1.29, 1.82) is 0 Å². The van der Waals surface area contributed by atoms with Gasteiger partial charge in [-0.05, 0) is 38.1 Å². The molecule has 0 unspecified atom stereocenters. The largest absolute Gasteiger partial charge is 0.317 e. The Hall–Kier alpha value is -0.760. The van der Waals surface area contributed by atoms with Crippen LogP contribution in [-0.2, 0) is 10.0 Å². The van der Waals surface area contributed by atoms with Gasteiger partial charge < -0.3 is 5.32 Å². The molecule has 1 fully saturated rings. The minimum absolute atomic E-state index is 0. The summed E-state index contributed by atoms with van der Waals surface area (Å²) in [6.45, 7) is 0.619. The van der Waals surface area contributed by atoms with Crippen LogP contribution in [0.1, 0.15) is 12.8 Å². The van der Waals surface area contributed by atoms with Crippen molar-refractivity contribution >= 4 is 22.4 Å².